The van der Waals surface area contributed by atoms with E-state index in [0.29, 0.717) is 13.0 Å². The van der Waals surface area contributed by atoms with E-state index >= 15 is 0 Å². The number of aryl methyl sites for hydroxylation is 2. The Labute approximate surface area is 165 Å². The first-order valence-corrected chi connectivity index (χ1v) is 9.83. The number of aromatic nitrogens is 1. The van der Waals surface area contributed by atoms with E-state index in [1.807, 2.05) is 12.1 Å². The lowest BCUT2D eigenvalue weighted by Crippen LogP contribution is -2.36. The van der Waals surface area contributed by atoms with Gasteiger partial charge in [0.05, 0.1) is 19.6 Å². The number of carbonyl (C=O) groups excluding carboxylic acids is 1. The van der Waals surface area contributed by atoms with E-state index in [1.54, 1.807) is 0 Å². The van der Waals surface area contributed by atoms with Crippen LogP contribution in [0.4, 0.5) is 5.69 Å². The number of morpholine rings is 1. The molecule has 1 N–H and O–H groups in total. The number of rotatable bonds is 5. The number of carbonyl (C=O) groups is 1. The molecule has 146 valence electrons. The molecule has 2 aromatic carbocycles. The van der Waals surface area contributed by atoms with Gasteiger partial charge in [-0.3, -0.25) is 4.79 Å². The zero-order chi connectivity index (χ0) is 19.5. The molecule has 1 saturated heterocycles. The molecule has 0 aliphatic carbocycles. The van der Waals surface area contributed by atoms with E-state index < -0.39 is 0 Å². The van der Waals surface area contributed by atoms with Crippen LogP contribution in [0.5, 0.6) is 0 Å². The van der Waals surface area contributed by atoms with Gasteiger partial charge in [-0.05, 0) is 48.4 Å². The minimum absolute atomic E-state index is 0.0449. The zero-order valence-electron chi connectivity index (χ0n) is 16.6. The lowest BCUT2D eigenvalue weighted by Gasteiger charge is -2.28. The molecule has 0 saturated carbocycles. The van der Waals surface area contributed by atoms with Crippen LogP contribution in [0, 0.1) is 6.92 Å². The van der Waals surface area contributed by atoms with E-state index in [1.165, 1.54) is 22.3 Å². The average molecular weight is 377 g/mol. The molecule has 1 aliphatic heterocycles. The van der Waals surface area contributed by atoms with Crippen molar-refractivity contribution in [3.05, 3.63) is 65.4 Å². The highest BCUT2D eigenvalue weighted by Gasteiger charge is 2.11. The van der Waals surface area contributed by atoms with Gasteiger partial charge in [0.2, 0.25) is 5.91 Å². The zero-order valence-corrected chi connectivity index (χ0v) is 16.6. The van der Waals surface area contributed by atoms with Crippen LogP contribution in [0.15, 0.2) is 48.5 Å². The standard InChI is InChI=1S/C23H27N3O2/c1-17-13-20-14-19(5-8-22(20)25(17)2)16-24-23(27)15-18-3-6-21(7-4-18)26-9-11-28-12-10-26/h3-8,13-14H,9-12,15-16H2,1-2H3,(H,24,27). The van der Waals surface area contributed by atoms with Crippen LogP contribution in [0.1, 0.15) is 16.8 Å². The minimum atomic E-state index is 0.0449. The highest BCUT2D eigenvalue weighted by atomic mass is 16.5. The third kappa shape index (κ3) is 4.04. The Morgan fingerprint density at radius 3 is 2.50 bits per heavy atom. The molecule has 1 aromatic heterocycles. The molecule has 5 nitrogen and oxygen atoms in total. The summed E-state index contributed by atoms with van der Waals surface area (Å²) >= 11 is 0. The summed E-state index contributed by atoms with van der Waals surface area (Å²) in [5.41, 5.74) is 5.79. The number of fused-ring (bicyclic) bond motifs is 1. The Morgan fingerprint density at radius 2 is 1.75 bits per heavy atom. The fourth-order valence-electron chi connectivity index (χ4n) is 3.74. The molecule has 1 fully saturated rings. The summed E-state index contributed by atoms with van der Waals surface area (Å²) in [6.45, 7) is 6.05. The van der Waals surface area contributed by atoms with Crippen LogP contribution in [-0.2, 0) is 29.5 Å². The number of amides is 1. The van der Waals surface area contributed by atoms with Gasteiger partial charge in [0.15, 0.2) is 0 Å². The van der Waals surface area contributed by atoms with E-state index in [2.05, 4.69) is 65.2 Å². The van der Waals surface area contributed by atoms with Gasteiger partial charge in [-0.2, -0.15) is 0 Å². The summed E-state index contributed by atoms with van der Waals surface area (Å²) in [5.74, 6) is 0.0449. The highest BCUT2D eigenvalue weighted by Crippen LogP contribution is 2.20. The fraction of sp³-hybridized carbons (Fsp3) is 0.348. The second kappa shape index (κ2) is 8.07. The van der Waals surface area contributed by atoms with Gasteiger partial charge in [-0.25, -0.2) is 0 Å². The second-order valence-corrected chi connectivity index (χ2v) is 7.46. The maximum atomic E-state index is 12.4. The topological polar surface area (TPSA) is 46.5 Å². The van der Waals surface area contributed by atoms with Crippen molar-refractivity contribution in [2.45, 2.75) is 19.9 Å². The molecule has 0 bridgehead atoms. The van der Waals surface area contributed by atoms with Crippen molar-refractivity contribution in [3.8, 4) is 0 Å². The van der Waals surface area contributed by atoms with Crippen molar-refractivity contribution in [2.75, 3.05) is 31.2 Å². The van der Waals surface area contributed by atoms with Gasteiger partial charge < -0.3 is 19.5 Å². The van der Waals surface area contributed by atoms with E-state index in [9.17, 15) is 4.79 Å². The molecule has 0 atom stereocenters. The number of nitrogens with zero attached hydrogens (tertiary/aromatic N) is 2. The van der Waals surface area contributed by atoms with Gasteiger partial charge in [0.25, 0.3) is 0 Å². The number of anilines is 1. The van der Waals surface area contributed by atoms with E-state index in [0.717, 1.165) is 37.4 Å². The van der Waals surface area contributed by atoms with Crippen molar-refractivity contribution in [2.24, 2.45) is 7.05 Å². The summed E-state index contributed by atoms with van der Waals surface area (Å²) in [7, 11) is 2.07. The van der Waals surface area contributed by atoms with Crippen LogP contribution in [0.3, 0.4) is 0 Å². The first-order chi connectivity index (χ1) is 13.6. The largest absolute Gasteiger partial charge is 0.378 e. The highest BCUT2D eigenvalue weighted by molar-refractivity contribution is 5.82. The quantitative estimate of drug-likeness (QED) is 0.743. The first-order valence-electron chi connectivity index (χ1n) is 9.83. The monoisotopic (exact) mass is 377 g/mol. The Hall–Kier alpha value is -2.79. The Morgan fingerprint density at radius 1 is 1.04 bits per heavy atom. The molecule has 0 radical (unpaired) electrons. The summed E-state index contributed by atoms with van der Waals surface area (Å²) in [4.78, 5) is 14.7. The number of nitrogens with one attached hydrogen (secondary N) is 1. The van der Waals surface area contributed by atoms with Crippen molar-refractivity contribution < 1.29 is 9.53 Å². The first kappa shape index (κ1) is 18.6. The molecular formula is C23H27N3O2. The molecule has 5 heteroatoms. The molecule has 2 heterocycles. The third-order valence-electron chi connectivity index (χ3n) is 5.51. The van der Waals surface area contributed by atoms with Crippen molar-refractivity contribution in [3.63, 3.8) is 0 Å². The lowest BCUT2D eigenvalue weighted by atomic mass is 10.1. The van der Waals surface area contributed by atoms with Gasteiger partial charge in [-0.1, -0.05) is 18.2 Å². The Balaban J connectivity index is 1.33. The fourth-order valence-corrected chi connectivity index (χ4v) is 3.74. The summed E-state index contributed by atoms with van der Waals surface area (Å²) in [6.07, 6.45) is 0.399. The van der Waals surface area contributed by atoms with Crippen LogP contribution in [0.25, 0.3) is 10.9 Å². The summed E-state index contributed by atoms with van der Waals surface area (Å²) in [6, 6.07) is 16.8. The van der Waals surface area contributed by atoms with Crippen molar-refractivity contribution >= 4 is 22.5 Å². The van der Waals surface area contributed by atoms with E-state index in [4.69, 9.17) is 4.74 Å². The second-order valence-electron chi connectivity index (χ2n) is 7.46. The minimum Gasteiger partial charge on any atom is -0.378 e. The van der Waals surface area contributed by atoms with Gasteiger partial charge in [-0.15, -0.1) is 0 Å². The predicted octanol–water partition coefficient (Wildman–Crippen LogP) is 3.18. The van der Waals surface area contributed by atoms with Crippen LogP contribution >= 0.6 is 0 Å². The average Bonchev–Trinajstić information content (AvgIpc) is 3.01. The summed E-state index contributed by atoms with van der Waals surface area (Å²) in [5, 5.41) is 4.25. The molecular weight excluding hydrogens is 350 g/mol. The van der Waals surface area contributed by atoms with Crippen LogP contribution in [0.2, 0.25) is 0 Å². The predicted molar refractivity (Wildman–Crippen MR) is 113 cm³/mol. The molecule has 4 rings (SSSR count). The Bertz CT molecular complexity index is 969. The molecule has 3 aromatic rings. The SMILES string of the molecule is Cc1cc2cc(CNC(=O)Cc3ccc(N4CCOCC4)cc3)ccc2n1C. The lowest BCUT2D eigenvalue weighted by molar-refractivity contribution is -0.120. The number of hydrogen-bond donors (Lipinski definition) is 1. The number of benzene rings is 2. The Kier molecular flexibility index (Phi) is 5.35. The molecule has 1 amide bonds. The summed E-state index contributed by atoms with van der Waals surface area (Å²) < 4.78 is 7.57. The normalized spacial score (nSPS) is 14.4. The molecule has 0 spiro atoms. The number of hydrogen-bond acceptors (Lipinski definition) is 3. The van der Waals surface area contributed by atoms with Crippen molar-refractivity contribution in [1.82, 2.24) is 9.88 Å². The molecule has 28 heavy (non-hydrogen) atoms. The van der Waals surface area contributed by atoms with E-state index in [-0.39, 0.29) is 5.91 Å². The van der Waals surface area contributed by atoms with Crippen molar-refractivity contribution in [1.29, 1.82) is 0 Å². The molecule has 1 aliphatic rings. The maximum Gasteiger partial charge on any atom is 0.224 e. The third-order valence-corrected chi connectivity index (χ3v) is 5.51. The van der Waals surface area contributed by atoms with Crippen LogP contribution in [-0.4, -0.2) is 36.8 Å². The van der Waals surface area contributed by atoms with Gasteiger partial charge >= 0.3 is 0 Å². The van der Waals surface area contributed by atoms with Gasteiger partial charge in [0, 0.05) is 49.0 Å². The molecule has 0 unspecified atom stereocenters. The number of ether oxygens (including phenoxy) is 1. The maximum absolute atomic E-state index is 12.4. The smallest absolute Gasteiger partial charge is 0.224 e. The van der Waals surface area contributed by atoms with Gasteiger partial charge in [0.1, 0.15) is 0 Å². The van der Waals surface area contributed by atoms with Crippen LogP contribution < -0.4 is 10.2 Å².